The molecule has 152 valence electrons. The first-order valence-corrected chi connectivity index (χ1v) is 10.4. The van der Waals surface area contributed by atoms with Crippen LogP contribution in [0.5, 0.6) is 0 Å². The molecule has 3 aromatic rings. The summed E-state index contributed by atoms with van der Waals surface area (Å²) in [4.78, 5) is 24.0. The summed E-state index contributed by atoms with van der Waals surface area (Å²) in [6.45, 7) is 1.38. The van der Waals surface area contributed by atoms with E-state index >= 15 is 0 Å². The van der Waals surface area contributed by atoms with E-state index in [1.807, 2.05) is 6.07 Å². The predicted octanol–water partition coefficient (Wildman–Crippen LogP) is 2.32. The number of carbonyl (C=O) groups is 1. The van der Waals surface area contributed by atoms with E-state index in [2.05, 4.69) is 38.8 Å². The minimum Gasteiger partial charge on any atom is -0.384 e. The van der Waals surface area contributed by atoms with Gasteiger partial charge in [-0.1, -0.05) is 18.2 Å². The van der Waals surface area contributed by atoms with E-state index < -0.39 is 6.04 Å². The van der Waals surface area contributed by atoms with Crippen molar-refractivity contribution < 1.29 is 4.79 Å². The van der Waals surface area contributed by atoms with Gasteiger partial charge in [-0.05, 0) is 43.7 Å². The second kappa shape index (κ2) is 9.05. The van der Waals surface area contributed by atoms with Crippen LogP contribution in [0.3, 0.4) is 0 Å². The van der Waals surface area contributed by atoms with Crippen molar-refractivity contribution in [2.75, 3.05) is 18.4 Å². The molecule has 0 saturated carbocycles. The SMILES string of the molecule is N[C@@H](Cc1cnc[nH]1)C(=O)NCCCNc1c2c(nc3ccccc13)CCCC2. The van der Waals surface area contributed by atoms with Gasteiger partial charge in [0, 0.05) is 48.2 Å². The number of hydrogen-bond donors (Lipinski definition) is 4. The van der Waals surface area contributed by atoms with Gasteiger partial charge in [-0.15, -0.1) is 0 Å². The highest BCUT2D eigenvalue weighted by molar-refractivity contribution is 5.93. The maximum atomic E-state index is 12.2. The highest BCUT2D eigenvalue weighted by atomic mass is 16.2. The molecule has 7 nitrogen and oxygen atoms in total. The maximum Gasteiger partial charge on any atom is 0.237 e. The third-order valence-electron chi connectivity index (χ3n) is 5.46. The molecule has 1 aliphatic rings. The molecule has 7 heteroatoms. The normalized spacial score (nSPS) is 14.4. The van der Waals surface area contributed by atoms with Crippen molar-refractivity contribution in [2.45, 2.75) is 44.6 Å². The molecule has 1 aliphatic carbocycles. The topological polar surface area (TPSA) is 109 Å². The van der Waals surface area contributed by atoms with Gasteiger partial charge in [-0.3, -0.25) is 9.78 Å². The molecule has 0 bridgehead atoms. The number of nitrogens with one attached hydrogen (secondary N) is 3. The first kappa shape index (κ1) is 19.4. The van der Waals surface area contributed by atoms with Crippen LogP contribution in [-0.4, -0.2) is 40.0 Å². The van der Waals surface area contributed by atoms with Gasteiger partial charge in [0.2, 0.25) is 5.91 Å². The number of rotatable bonds is 8. The van der Waals surface area contributed by atoms with E-state index in [0.29, 0.717) is 13.0 Å². The van der Waals surface area contributed by atoms with E-state index in [1.54, 1.807) is 12.5 Å². The molecule has 2 heterocycles. The molecule has 0 radical (unpaired) electrons. The average Bonchev–Trinajstić information content (AvgIpc) is 3.25. The van der Waals surface area contributed by atoms with E-state index in [1.165, 1.54) is 35.2 Å². The summed E-state index contributed by atoms with van der Waals surface area (Å²) in [6, 6.07) is 7.74. The van der Waals surface area contributed by atoms with Gasteiger partial charge in [0.1, 0.15) is 0 Å². The minimum atomic E-state index is -0.570. The lowest BCUT2D eigenvalue weighted by Crippen LogP contribution is -2.42. The van der Waals surface area contributed by atoms with Crippen LogP contribution < -0.4 is 16.4 Å². The molecule has 0 unspecified atom stereocenters. The number of carbonyl (C=O) groups excluding carboxylic acids is 1. The Bertz CT molecular complexity index is 969. The summed E-state index contributed by atoms with van der Waals surface area (Å²) in [7, 11) is 0. The standard InChI is InChI=1S/C22H28N6O/c23-18(12-15-13-24-14-27-15)22(29)26-11-5-10-25-21-16-6-1-3-8-19(16)28-20-9-4-2-7-17(20)21/h1,3,6,8,13-14,18H,2,4-5,7,9-12,23H2,(H,24,27)(H,25,28)(H,26,29)/t18-/m0/s1. The molecule has 2 aromatic heterocycles. The molecule has 5 N–H and O–H groups in total. The van der Waals surface area contributed by atoms with Crippen LogP contribution in [0.2, 0.25) is 0 Å². The summed E-state index contributed by atoms with van der Waals surface area (Å²) in [5, 5.41) is 7.73. The Balaban J connectivity index is 1.32. The lowest BCUT2D eigenvalue weighted by Gasteiger charge is -2.21. The van der Waals surface area contributed by atoms with Gasteiger partial charge in [0.25, 0.3) is 0 Å². The van der Waals surface area contributed by atoms with Gasteiger partial charge >= 0.3 is 0 Å². The number of anilines is 1. The molecule has 0 saturated heterocycles. The molecule has 0 spiro atoms. The Kier molecular flexibility index (Phi) is 6.05. The van der Waals surface area contributed by atoms with Gasteiger partial charge in [0.05, 0.1) is 17.9 Å². The predicted molar refractivity (Wildman–Crippen MR) is 115 cm³/mol. The number of nitrogens with zero attached hydrogens (tertiary/aromatic N) is 2. The fourth-order valence-corrected chi connectivity index (χ4v) is 3.94. The van der Waals surface area contributed by atoms with Crippen molar-refractivity contribution >= 4 is 22.5 Å². The first-order valence-electron chi connectivity index (χ1n) is 10.4. The van der Waals surface area contributed by atoms with Crippen LogP contribution in [0.1, 0.15) is 36.2 Å². The minimum absolute atomic E-state index is 0.133. The number of pyridine rings is 1. The lowest BCUT2D eigenvalue weighted by atomic mass is 9.92. The van der Waals surface area contributed by atoms with Crippen LogP contribution >= 0.6 is 0 Å². The maximum absolute atomic E-state index is 12.2. The van der Waals surface area contributed by atoms with E-state index in [9.17, 15) is 4.79 Å². The Morgan fingerprint density at radius 1 is 1.21 bits per heavy atom. The number of nitrogens with two attached hydrogens (primary N) is 1. The Labute approximate surface area is 170 Å². The zero-order chi connectivity index (χ0) is 20.1. The van der Waals surface area contributed by atoms with Crippen LogP contribution in [0.4, 0.5) is 5.69 Å². The third kappa shape index (κ3) is 4.56. The average molecular weight is 393 g/mol. The van der Waals surface area contributed by atoms with Gasteiger partial charge in [-0.2, -0.15) is 0 Å². The molecular formula is C22H28N6O. The molecule has 29 heavy (non-hydrogen) atoms. The number of aromatic nitrogens is 3. The Morgan fingerprint density at radius 2 is 2.07 bits per heavy atom. The molecule has 1 amide bonds. The van der Waals surface area contributed by atoms with Crippen molar-refractivity contribution in [3.8, 4) is 0 Å². The molecule has 0 fully saturated rings. The summed E-state index contributed by atoms with van der Waals surface area (Å²) >= 11 is 0. The second-order valence-electron chi connectivity index (χ2n) is 7.60. The van der Waals surface area contributed by atoms with Gasteiger partial charge < -0.3 is 21.4 Å². The molecule has 1 atom stereocenters. The van der Waals surface area contributed by atoms with Crippen molar-refractivity contribution in [1.29, 1.82) is 0 Å². The van der Waals surface area contributed by atoms with Gasteiger partial charge in [-0.25, -0.2) is 4.98 Å². The Morgan fingerprint density at radius 3 is 2.93 bits per heavy atom. The number of benzene rings is 1. The zero-order valence-electron chi connectivity index (χ0n) is 16.6. The van der Waals surface area contributed by atoms with E-state index in [4.69, 9.17) is 10.7 Å². The monoisotopic (exact) mass is 392 g/mol. The molecular weight excluding hydrogens is 364 g/mol. The van der Waals surface area contributed by atoms with Gasteiger partial charge in [0.15, 0.2) is 0 Å². The lowest BCUT2D eigenvalue weighted by molar-refractivity contribution is -0.122. The van der Waals surface area contributed by atoms with Crippen molar-refractivity contribution in [3.05, 3.63) is 53.7 Å². The second-order valence-corrected chi connectivity index (χ2v) is 7.60. The first-order chi connectivity index (χ1) is 14.2. The summed E-state index contributed by atoms with van der Waals surface area (Å²) in [5.74, 6) is -0.133. The fraction of sp³-hybridized carbons (Fsp3) is 0.409. The molecule has 4 rings (SSSR count). The number of aromatic amines is 1. The highest BCUT2D eigenvalue weighted by Gasteiger charge is 2.18. The quantitative estimate of drug-likeness (QED) is 0.440. The Hall–Kier alpha value is -2.93. The zero-order valence-corrected chi connectivity index (χ0v) is 16.6. The number of imidazole rings is 1. The van der Waals surface area contributed by atoms with Crippen LogP contribution in [0.25, 0.3) is 10.9 Å². The number of amides is 1. The van der Waals surface area contributed by atoms with Crippen LogP contribution in [0, 0.1) is 0 Å². The van der Waals surface area contributed by atoms with Crippen molar-refractivity contribution in [1.82, 2.24) is 20.3 Å². The third-order valence-corrected chi connectivity index (χ3v) is 5.46. The highest BCUT2D eigenvalue weighted by Crippen LogP contribution is 2.33. The van der Waals surface area contributed by atoms with Crippen LogP contribution in [0.15, 0.2) is 36.8 Å². The molecule has 0 aliphatic heterocycles. The number of aryl methyl sites for hydroxylation is 1. The number of para-hydroxylation sites is 1. The van der Waals surface area contributed by atoms with Crippen molar-refractivity contribution in [3.63, 3.8) is 0 Å². The summed E-state index contributed by atoms with van der Waals surface area (Å²) in [5.41, 5.74) is 11.7. The smallest absolute Gasteiger partial charge is 0.237 e. The summed E-state index contributed by atoms with van der Waals surface area (Å²) < 4.78 is 0. The fourth-order valence-electron chi connectivity index (χ4n) is 3.94. The summed E-state index contributed by atoms with van der Waals surface area (Å²) in [6.07, 6.45) is 9.12. The number of hydrogen-bond acceptors (Lipinski definition) is 5. The largest absolute Gasteiger partial charge is 0.384 e. The number of H-pyrrole nitrogens is 1. The van der Waals surface area contributed by atoms with Crippen LogP contribution in [-0.2, 0) is 24.1 Å². The van der Waals surface area contributed by atoms with E-state index in [-0.39, 0.29) is 5.91 Å². The number of fused-ring (bicyclic) bond motifs is 2. The van der Waals surface area contributed by atoms with E-state index in [0.717, 1.165) is 37.0 Å². The molecule has 1 aromatic carbocycles. The van der Waals surface area contributed by atoms with Crippen molar-refractivity contribution in [2.24, 2.45) is 5.73 Å².